The summed E-state index contributed by atoms with van der Waals surface area (Å²) >= 11 is 0. The van der Waals surface area contributed by atoms with Crippen molar-refractivity contribution < 1.29 is 19.1 Å². The minimum Gasteiger partial charge on any atom is -0.465 e. The summed E-state index contributed by atoms with van der Waals surface area (Å²) < 4.78 is 4.64. The maximum absolute atomic E-state index is 12.6. The van der Waals surface area contributed by atoms with Gasteiger partial charge in [-0.15, -0.1) is 0 Å². The Morgan fingerprint density at radius 2 is 1.72 bits per heavy atom. The molecule has 2 aromatic carbocycles. The summed E-state index contributed by atoms with van der Waals surface area (Å²) in [6, 6.07) is 13.2. The number of hydrogen-bond donors (Lipinski definition) is 1. The number of imide groups is 1. The van der Waals surface area contributed by atoms with E-state index in [-0.39, 0.29) is 18.2 Å². The molecule has 1 atom stereocenters. The normalized spacial score (nSPS) is 16.9. The topological polar surface area (TPSA) is 75.7 Å². The van der Waals surface area contributed by atoms with Crippen LogP contribution in [-0.2, 0) is 14.3 Å². The highest BCUT2D eigenvalue weighted by molar-refractivity contribution is 6.23. The van der Waals surface area contributed by atoms with Crippen molar-refractivity contribution in [3.63, 3.8) is 0 Å². The monoisotopic (exact) mass is 338 g/mol. The number of carbonyl (C=O) groups excluding carboxylic acids is 3. The Morgan fingerprint density at radius 1 is 1.08 bits per heavy atom. The van der Waals surface area contributed by atoms with Gasteiger partial charge in [0.2, 0.25) is 5.91 Å². The van der Waals surface area contributed by atoms with Crippen LogP contribution in [0.1, 0.15) is 22.3 Å². The van der Waals surface area contributed by atoms with Crippen molar-refractivity contribution in [2.24, 2.45) is 0 Å². The highest BCUT2D eigenvalue weighted by Crippen LogP contribution is 2.25. The number of nitrogens with one attached hydrogen (secondary N) is 1. The van der Waals surface area contributed by atoms with Crippen molar-refractivity contribution in [2.75, 3.05) is 17.3 Å². The van der Waals surface area contributed by atoms with Crippen molar-refractivity contribution in [1.29, 1.82) is 0 Å². The lowest BCUT2D eigenvalue weighted by Crippen LogP contribution is -2.34. The molecular formula is C19H18N2O4. The Bertz CT molecular complexity index is 812. The first-order valence-electron chi connectivity index (χ1n) is 7.88. The third-order valence-electron chi connectivity index (χ3n) is 4.09. The zero-order chi connectivity index (χ0) is 18.0. The molecule has 1 heterocycles. The molecule has 0 bridgehead atoms. The molecule has 0 radical (unpaired) electrons. The van der Waals surface area contributed by atoms with E-state index in [9.17, 15) is 14.4 Å². The molecule has 6 heteroatoms. The predicted molar refractivity (Wildman–Crippen MR) is 93.5 cm³/mol. The van der Waals surface area contributed by atoms with Crippen LogP contribution in [0.5, 0.6) is 0 Å². The Balaban J connectivity index is 1.76. The van der Waals surface area contributed by atoms with Gasteiger partial charge < -0.3 is 10.1 Å². The number of amides is 2. The average Bonchev–Trinajstić information content (AvgIpc) is 2.90. The molecule has 0 unspecified atom stereocenters. The number of anilines is 2. The number of carbonyl (C=O) groups is 3. The van der Waals surface area contributed by atoms with Crippen LogP contribution in [-0.4, -0.2) is 30.9 Å². The predicted octanol–water partition coefficient (Wildman–Crippen LogP) is 2.53. The van der Waals surface area contributed by atoms with E-state index in [0.717, 1.165) is 16.2 Å². The fourth-order valence-electron chi connectivity index (χ4n) is 2.73. The molecule has 1 N–H and O–H groups in total. The van der Waals surface area contributed by atoms with E-state index in [1.807, 2.05) is 31.2 Å². The third-order valence-corrected chi connectivity index (χ3v) is 4.09. The second-order valence-corrected chi connectivity index (χ2v) is 5.87. The maximum Gasteiger partial charge on any atom is 0.337 e. The first kappa shape index (κ1) is 16.7. The minimum absolute atomic E-state index is 0.0888. The molecule has 2 amide bonds. The van der Waals surface area contributed by atoms with E-state index in [4.69, 9.17) is 0 Å². The fourth-order valence-corrected chi connectivity index (χ4v) is 2.73. The third kappa shape index (κ3) is 3.38. The SMILES string of the molecule is COC(=O)c1ccc(N2C(=O)C[C@H](Nc3ccc(C)cc3)C2=O)cc1. The molecule has 1 aliphatic rings. The van der Waals surface area contributed by atoms with Crippen LogP contribution < -0.4 is 10.2 Å². The molecular weight excluding hydrogens is 320 g/mol. The molecule has 1 fully saturated rings. The van der Waals surface area contributed by atoms with Gasteiger partial charge in [-0.1, -0.05) is 17.7 Å². The number of benzene rings is 2. The zero-order valence-corrected chi connectivity index (χ0v) is 14.0. The Hall–Kier alpha value is -3.15. The van der Waals surface area contributed by atoms with Gasteiger partial charge in [0.15, 0.2) is 0 Å². The summed E-state index contributed by atoms with van der Waals surface area (Å²) in [4.78, 5) is 37.5. The smallest absolute Gasteiger partial charge is 0.337 e. The quantitative estimate of drug-likeness (QED) is 0.685. The Kier molecular flexibility index (Phi) is 4.52. The minimum atomic E-state index is -0.601. The molecule has 128 valence electrons. The van der Waals surface area contributed by atoms with E-state index in [0.29, 0.717) is 11.3 Å². The standard InChI is InChI=1S/C19H18N2O4/c1-12-3-7-14(8-4-12)20-16-11-17(22)21(18(16)23)15-9-5-13(6-10-15)19(24)25-2/h3-10,16,20H,11H2,1-2H3/t16-/m0/s1. The second-order valence-electron chi connectivity index (χ2n) is 5.87. The lowest BCUT2D eigenvalue weighted by molar-refractivity contribution is -0.121. The summed E-state index contributed by atoms with van der Waals surface area (Å²) in [5.41, 5.74) is 2.71. The zero-order valence-electron chi connectivity index (χ0n) is 14.0. The number of aryl methyl sites for hydroxylation is 1. The average molecular weight is 338 g/mol. The van der Waals surface area contributed by atoms with Gasteiger partial charge in [-0.2, -0.15) is 0 Å². The Morgan fingerprint density at radius 3 is 2.32 bits per heavy atom. The summed E-state index contributed by atoms with van der Waals surface area (Å²) in [5.74, 6) is -1.05. The highest BCUT2D eigenvalue weighted by atomic mass is 16.5. The number of rotatable bonds is 4. The number of esters is 1. The van der Waals surface area contributed by atoms with Crippen LogP contribution in [0.15, 0.2) is 48.5 Å². The van der Waals surface area contributed by atoms with Gasteiger partial charge in [0.1, 0.15) is 6.04 Å². The molecule has 3 rings (SSSR count). The first-order valence-corrected chi connectivity index (χ1v) is 7.88. The van der Waals surface area contributed by atoms with Crippen LogP contribution >= 0.6 is 0 Å². The maximum atomic E-state index is 12.6. The van der Waals surface area contributed by atoms with Gasteiger partial charge in [0, 0.05) is 5.69 Å². The molecule has 0 spiro atoms. The summed E-state index contributed by atoms with van der Waals surface area (Å²) in [6.07, 6.45) is 0.0888. The summed E-state index contributed by atoms with van der Waals surface area (Å²) in [5, 5.41) is 3.10. The van der Waals surface area contributed by atoms with E-state index in [1.165, 1.54) is 19.2 Å². The molecule has 2 aromatic rings. The van der Waals surface area contributed by atoms with Gasteiger partial charge in [-0.25, -0.2) is 9.69 Å². The van der Waals surface area contributed by atoms with E-state index in [2.05, 4.69) is 10.1 Å². The Labute approximate surface area is 145 Å². The van der Waals surface area contributed by atoms with Crippen molar-refractivity contribution >= 4 is 29.2 Å². The molecule has 0 saturated carbocycles. The van der Waals surface area contributed by atoms with E-state index in [1.54, 1.807) is 12.1 Å². The number of hydrogen-bond acceptors (Lipinski definition) is 5. The molecule has 6 nitrogen and oxygen atoms in total. The van der Waals surface area contributed by atoms with Crippen molar-refractivity contribution in [3.05, 3.63) is 59.7 Å². The van der Waals surface area contributed by atoms with Crippen LogP contribution in [0.2, 0.25) is 0 Å². The van der Waals surface area contributed by atoms with Gasteiger partial charge in [0.05, 0.1) is 24.8 Å². The second kappa shape index (κ2) is 6.76. The van der Waals surface area contributed by atoms with Gasteiger partial charge >= 0.3 is 5.97 Å². The number of ether oxygens (including phenoxy) is 1. The number of nitrogens with zero attached hydrogens (tertiary/aromatic N) is 1. The van der Waals surface area contributed by atoms with Crippen LogP contribution in [0.3, 0.4) is 0 Å². The fraction of sp³-hybridized carbons (Fsp3) is 0.211. The van der Waals surface area contributed by atoms with Gasteiger partial charge in [0.25, 0.3) is 5.91 Å². The van der Waals surface area contributed by atoms with E-state index >= 15 is 0 Å². The summed E-state index contributed by atoms with van der Waals surface area (Å²) in [7, 11) is 1.30. The largest absolute Gasteiger partial charge is 0.465 e. The van der Waals surface area contributed by atoms with Crippen molar-refractivity contribution in [2.45, 2.75) is 19.4 Å². The number of methoxy groups -OCH3 is 1. The first-order chi connectivity index (χ1) is 12.0. The lowest BCUT2D eigenvalue weighted by atomic mass is 10.2. The molecule has 0 aromatic heterocycles. The summed E-state index contributed by atoms with van der Waals surface area (Å²) in [6.45, 7) is 1.98. The van der Waals surface area contributed by atoms with Crippen LogP contribution in [0.4, 0.5) is 11.4 Å². The molecule has 0 aliphatic carbocycles. The highest BCUT2D eigenvalue weighted by Gasteiger charge is 2.39. The van der Waals surface area contributed by atoms with E-state index < -0.39 is 12.0 Å². The van der Waals surface area contributed by atoms with Crippen LogP contribution in [0.25, 0.3) is 0 Å². The van der Waals surface area contributed by atoms with Gasteiger partial charge in [-0.05, 0) is 43.3 Å². The lowest BCUT2D eigenvalue weighted by Gasteiger charge is -2.16. The molecule has 1 saturated heterocycles. The van der Waals surface area contributed by atoms with Crippen LogP contribution in [0, 0.1) is 6.92 Å². The van der Waals surface area contributed by atoms with Crippen molar-refractivity contribution in [3.8, 4) is 0 Å². The molecule has 25 heavy (non-hydrogen) atoms. The van der Waals surface area contributed by atoms with Gasteiger partial charge in [-0.3, -0.25) is 9.59 Å². The van der Waals surface area contributed by atoms with Crippen molar-refractivity contribution in [1.82, 2.24) is 0 Å². The molecule has 1 aliphatic heterocycles.